The van der Waals surface area contributed by atoms with Crippen LogP contribution < -0.4 is 16.5 Å². The fraction of sp³-hybridized carbons (Fsp3) is 0.0952. The van der Waals surface area contributed by atoms with Crippen LogP contribution >= 0.6 is 0 Å². The van der Waals surface area contributed by atoms with Crippen LogP contribution in [0.3, 0.4) is 0 Å². The molecular weight excluding hydrogens is 372 g/mol. The van der Waals surface area contributed by atoms with Gasteiger partial charge >= 0.3 is 5.63 Å². The van der Waals surface area contributed by atoms with E-state index >= 15 is 0 Å². The van der Waals surface area contributed by atoms with Crippen molar-refractivity contribution in [1.29, 1.82) is 0 Å². The first-order chi connectivity index (χ1) is 14.1. The van der Waals surface area contributed by atoms with Crippen molar-refractivity contribution in [2.24, 2.45) is 0 Å². The van der Waals surface area contributed by atoms with Gasteiger partial charge in [-0.1, -0.05) is 18.2 Å². The molecule has 0 aliphatic heterocycles. The summed E-state index contributed by atoms with van der Waals surface area (Å²) < 4.78 is 6.44. The summed E-state index contributed by atoms with van der Waals surface area (Å²) in [7, 11) is 0. The number of para-hydroxylation sites is 1. The maximum absolute atomic E-state index is 12.4. The summed E-state index contributed by atoms with van der Waals surface area (Å²) in [5, 5.41) is 7.60. The standard InChI is InChI=1S/C21H16N4O4/c26-19-6-5-17(14-7-9-22-10-8-14)24-25(19)12-11-23-20(27)16-13-15-3-1-2-4-18(15)29-21(16)28/h1-10,13H,11-12H2,(H,23,27). The number of hydrogen-bond acceptors (Lipinski definition) is 6. The molecule has 29 heavy (non-hydrogen) atoms. The second-order valence-electron chi connectivity index (χ2n) is 6.26. The lowest BCUT2D eigenvalue weighted by Gasteiger charge is -2.08. The van der Waals surface area contributed by atoms with Gasteiger partial charge in [0.2, 0.25) is 0 Å². The van der Waals surface area contributed by atoms with E-state index < -0.39 is 11.5 Å². The van der Waals surface area contributed by atoms with Gasteiger partial charge in [0.05, 0.1) is 12.2 Å². The molecule has 4 rings (SSSR count). The zero-order valence-electron chi connectivity index (χ0n) is 15.2. The second-order valence-corrected chi connectivity index (χ2v) is 6.26. The lowest BCUT2D eigenvalue weighted by molar-refractivity contribution is 0.0948. The van der Waals surface area contributed by atoms with Crippen molar-refractivity contribution < 1.29 is 9.21 Å². The third-order valence-electron chi connectivity index (χ3n) is 4.34. The number of rotatable bonds is 5. The Bertz CT molecular complexity index is 1300. The van der Waals surface area contributed by atoms with Gasteiger partial charge in [-0.25, -0.2) is 9.48 Å². The van der Waals surface area contributed by atoms with Crippen LogP contribution in [0.1, 0.15) is 10.4 Å². The van der Waals surface area contributed by atoms with E-state index in [1.165, 1.54) is 16.8 Å². The number of pyridine rings is 1. The van der Waals surface area contributed by atoms with Gasteiger partial charge in [0.15, 0.2) is 0 Å². The smallest absolute Gasteiger partial charge is 0.349 e. The van der Waals surface area contributed by atoms with Crippen LogP contribution in [-0.2, 0) is 6.54 Å². The second kappa shape index (κ2) is 7.89. The molecule has 8 nitrogen and oxygen atoms in total. The molecule has 144 valence electrons. The van der Waals surface area contributed by atoms with Crippen LogP contribution in [0.15, 0.2) is 81.0 Å². The van der Waals surface area contributed by atoms with Gasteiger partial charge < -0.3 is 9.73 Å². The minimum Gasteiger partial charge on any atom is -0.422 e. The van der Waals surface area contributed by atoms with E-state index in [9.17, 15) is 14.4 Å². The number of amides is 1. The van der Waals surface area contributed by atoms with E-state index in [-0.39, 0.29) is 24.2 Å². The first kappa shape index (κ1) is 18.3. The average molecular weight is 388 g/mol. The molecule has 8 heteroatoms. The maximum Gasteiger partial charge on any atom is 0.349 e. The van der Waals surface area contributed by atoms with Crippen LogP contribution in [0, 0.1) is 0 Å². The Balaban J connectivity index is 1.48. The molecule has 4 aromatic rings. The summed E-state index contributed by atoms with van der Waals surface area (Å²) in [5.41, 5.74) is 0.769. The molecule has 0 saturated carbocycles. The highest BCUT2D eigenvalue weighted by Crippen LogP contribution is 2.13. The number of fused-ring (bicyclic) bond motifs is 1. The lowest BCUT2D eigenvalue weighted by atomic mass is 10.2. The first-order valence-electron chi connectivity index (χ1n) is 8.91. The van der Waals surface area contributed by atoms with Crippen molar-refractivity contribution in [3.8, 4) is 11.3 Å². The maximum atomic E-state index is 12.4. The Morgan fingerprint density at radius 2 is 1.83 bits per heavy atom. The predicted molar refractivity (Wildman–Crippen MR) is 107 cm³/mol. The third kappa shape index (κ3) is 3.96. The molecule has 1 N–H and O–H groups in total. The summed E-state index contributed by atoms with van der Waals surface area (Å²) in [6.45, 7) is 0.278. The molecule has 1 aromatic carbocycles. The molecule has 0 radical (unpaired) electrons. The minimum atomic E-state index is -0.712. The van der Waals surface area contributed by atoms with Crippen molar-refractivity contribution in [2.75, 3.05) is 6.54 Å². The predicted octanol–water partition coefficient (Wildman–Crippen LogP) is 1.84. The van der Waals surface area contributed by atoms with Crippen LogP contribution in [-0.4, -0.2) is 27.2 Å². The van der Waals surface area contributed by atoms with Gasteiger partial charge in [-0.05, 0) is 30.3 Å². The van der Waals surface area contributed by atoms with Crippen molar-refractivity contribution in [2.45, 2.75) is 6.54 Å². The van der Waals surface area contributed by atoms with Gasteiger partial charge in [-0.3, -0.25) is 14.6 Å². The molecule has 0 unspecified atom stereocenters. The molecule has 0 aliphatic carbocycles. The molecule has 1 amide bonds. The quantitative estimate of drug-likeness (QED) is 0.523. The molecule has 0 atom stereocenters. The molecule has 0 saturated heterocycles. The normalized spacial score (nSPS) is 10.8. The Morgan fingerprint density at radius 1 is 1.03 bits per heavy atom. The number of aromatic nitrogens is 3. The molecule has 0 aliphatic rings. The van der Waals surface area contributed by atoms with E-state index in [0.29, 0.717) is 16.7 Å². The van der Waals surface area contributed by atoms with E-state index in [1.807, 2.05) is 0 Å². The van der Waals surface area contributed by atoms with Gasteiger partial charge in [0.1, 0.15) is 11.1 Å². The monoisotopic (exact) mass is 388 g/mol. The molecule has 3 aromatic heterocycles. The van der Waals surface area contributed by atoms with Gasteiger partial charge in [-0.2, -0.15) is 5.10 Å². The van der Waals surface area contributed by atoms with E-state index in [0.717, 1.165) is 5.56 Å². The fourth-order valence-corrected chi connectivity index (χ4v) is 2.88. The zero-order chi connectivity index (χ0) is 20.2. The number of carbonyl (C=O) groups excluding carboxylic acids is 1. The number of carbonyl (C=O) groups is 1. The third-order valence-corrected chi connectivity index (χ3v) is 4.34. The van der Waals surface area contributed by atoms with Crippen LogP contribution in [0.25, 0.3) is 22.2 Å². The number of benzene rings is 1. The van der Waals surface area contributed by atoms with E-state index in [2.05, 4.69) is 15.4 Å². The Kier molecular flexibility index (Phi) is 4.98. The highest BCUT2D eigenvalue weighted by atomic mass is 16.4. The van der Waals surface area contributed by atoms with Crippen LogP contribution in [0.5, 0.6) is 0 Å². The molecular formula is C21H16N4O4. The highest BCUT2D eigenvalue weighted by Gasteiger charge is 2.13. The lowest BCUT2D eigenvalue weighted by Crippen LogP contribution is -2.33. The SMILES string of the molecule is O=C(NCCn1nc(-c2ccncc2)ccc1=O)c1cc2ccccc2oc1=O. The fourth-order valence-electron chi connectivity index (χ4n) is 2.88. The Morgan fingerprint density at radius 3 is 2.66 bits per heavy atom. The van der Waals surface area contributed by atoms with Gasteiger partial charge in [-0.15, -0.1) is 0 Å². The molecule has 0 spiro atoms. The number of nitrogens with one attached hydrogen (secondary N) is 1. The van der Waals surface area contributed by atoms with E-state index in [1.54, 1.807) is 54.9 Å². The largest absolute Gasteiger partial charge is 0.422 e. The average Bonchev–Trinajstić information content (AvgIpc) is 2.75. The minimum absolute atomic E-state index is 0.0884. The zero-order valence-corrected chi connectivity index (χ0v) is 15.2. The Hall–Kier alpha value is -4.07. The topological polar surface area (TPSA) is 107 Å². The van der Waals surface area contributed by atoms with E-state index in [4.69, 9.17) is 4.42 Å². The van der Waals surface area contributed by atoms with Crippen LogP contribution in [0.4, 0.5) is 0 Å². The van der Waals surface area contributed by atoms with Crippen molar-refractivity contribution >= 4 is 16.9 Å². The highest BCUT2D eigenvalue weighted by molar-refractivity contribution is 5.96. The molecule has 0 fully saturated rings. The van der Waals surface area contributed by atoms with Crippen molar-refractivity contribution in [3.05, 3.63) is 93.3 Å². The number of nitrogens with zero attached hydrogens (tertiary/aromatic N) is 3. The first-order valence-corrected chi connectivity index (χ1v) is 8.91. The summed E-state index contributed by atoms with van der Waals surface area (Å²) in [4.78, 5) is 40.5. The van der Waals surface area contributed by atoms with Gasteiger partial charge in [0, 0.05) is 36.0 Å². The number of hydrogen-bond donors (Lipinski definition) is 1. The summed E-state index contributed by atoms with van der Waals surface area (Å²) in [6.07, 6.45) is 3.28. The Labute approximate surface area is 164 Å². The summed E-state index contributed by atoms with van der Waals surface area (Å²) in [5.74, 6) is -0.567. The summed E-state index contributed by atoms with van der Waals surface area (Å²) in [6, 6.07) is 15.1. The van der Waals surface area contributed by atoms with Crippen molar-refractivity contribution in [1.82, 2.24) is 20.1 Å². The van der Waals surface area contributed by atoms with Crippen LogP contribution in [0.2, 0.25) is 0 Å². The summed E-state index contributed by atoms with van der Waals surface area (Å²) >= 11 is 0. The van der Waals surface area contributed by atoms with Crippen molar-refractivity contribution in [3.63, 3.8) is 0 Å². The molecule has 3 heterocycles. The molecule has 0 bridgehead atoms. The van der Waals surface area contributed by atoms with Gasteiger partial charge in [0.25, 0.3) is 11.5 Å².